The van der Waals surface area contributed by atoms with E-state index in [9.17, 15) is 5.11 Å². The molecule has 0 saturated heterocycles. The third-order valence-corrected chi connectivity index (χ3v) is 4.54. The number of nitrogens with one attached hydrogen (secondary N) is 1. The fourth-order valence-corrected chi connectivity index (χ4v) is 3.49. The molecule has 0 aromatic heterocycles. The van der Waals surface area contributed by atoms with Gasteiger partial charge in [-0.15, -0.1) is 0 Å². The molecule has 0 unspecified atom stereocenters. The van der Waals surface area contributed by atoms with Crippen LogP contribution >= 0.6 is 0 Å². The first-order valence-corrected chi connectivity index (χ1v) is 7.54. The lowest BCUT2D eigenvalue weighted by molar-refractivity contribution is -0.0197. The van der Waals surface area contributed by atoms with Gasteiger partial charge in [0.1, 0.15) is 0 Å². The summed E-state index contributed by atoms with van der Waals surface area (Å²) in [6, 6.07) is 1.87. The Labute approximate surface area is 112 Å². The Hall–Kier alpha value is -0.120. The maximum absolute atomic E-state index is 9.48. The second kappa shape index (κ2) is 5.48. The van der Waals surface area contributed by atoms with Crippen molar-refractivity contribution in [2.75, 3.05) is 7.05 Å². The summed E-state index contributed by atoms with van der Waals surface area (Å²) < 4.78 is 0. The van der Waals surface area contributed by atoms with Crippen LogP contribution in [-0.2, 0) is 0 Å². The third kappa shape index (κ3) is 3.46. The molecule has 2 aliphatic carbocycles. The van der Waals surface area contributed by atoms with E-state index in [-0.39, 0.29) is 11.6 Å². The fourth-order valence-electron chi connectivity index (χ4n) is 3.49. The average molecular weight is 254 g/mol. The topological polar surface area (TPSA) is 35.5 Å². The Morgan fingerprint density at radius 1 is 1.11 bits per heavy atom. The summed E-state index contributed by atoms with van der Waals surface area (Å²) in [7, 11) is 2.25. The van der Waals surface area contributed by atoms with Gasteiger partial charge in [0.05, 0.1) is 6.10 Å². The van der Waals surface area contributed by atoms with Crippen molar-refractivity contribution in [3.63, 3.8) is 0 Å². The molecule has 3 nitrogen and oxygen atoms in total. The molecule has 0 bridgehead atoms. The van der Waals surface area contributed by atoms with E-state index in [4.69, 9.17) is 0 Å². The van der Waals surface area contributed by atoms with Gasteiger partial charge < -0.3 is 10.4 Å². The van der Waals surface area contributed by atoms with Gasteiger partial charge in [0.2, 0.25) is 0 Å². The molecule has 106 valence electrons. The van der Waals surface area contributed by atoms with E-state index >= 15 is 0 Å². The van der Waals surface area contributed by atoms with Crippen molar-refractivity contribution in [1.82, 2.24) is 10.2 Å². The summed E-state index contributed by atoms with van der Waals surface area (Å²) in [6.45, 7) is 6.77. The molecule has 2 rings (SSSR count). The van der Waals surface area contributed by atoms with Crippen LogP contribution < -0.4 is 5.32 Å². The highest BCUT2D eigenvalue weighted by molar-refractivity contribution is 4.96. The normalized spacial score (nSPS) is 37.7. The molecule has 0 aromatic rings. The van der Waals surface area contributed by atoms with E-state index in [1.54, 1.807) is 0 Å². The molecule has 0 heterocycles. The van der Waals surface area contributed by atoms with Gasteiger partial charge in [0.15, 0.2) is 0 Å². The quantitative estimate of drug-likeness (QED) is 0.810. The summed E-state index contributed by atoms with van der Waals surface area (Å²) in [5.41, 5.74) is 0.195. The van der Waals surface area contributed by atoms with Crippen molar-refractivity contribution in [1.29, 1.82) is 0 Å². The van der Waals surface area contributed by atoms with Gasteiger partial charge >= 0.3 is 0 Å². The van der Waals surface area contributed by atoms with Crippen LogP contribution in [0.25, 0.3) is 0 Å². The number of hydrogen-bond donors (Lipinski definition) is 2. The number of likely N-dealkylation sites (N-methyl/N-ethyl adjacent to an activating group) is 1. The number of aliphatic hydroxyl groups excluding tert-OH is 1. The van der Waals surface area contributed by atoms with Crippen molar-refractivity contribution in [3.05, 3.63) is 0 Å². The zero-order valence-corrected chi connectivity index (χ0v) is 12.4. The Bertz CT molecular complexity index is 268. The number of aliphatic hydroxyl groups is 1. The summed E-state index contributed by atoms with van der Waals surface area (Å²) in [5.74, 6) is 0. The van der Waals surface area contributed by atoms with Crippen molar-refractivity contribution in [2.45, 2.75) is 89.1 Å². The molecule has 2 N–H and O–H groups in total. The van der Waals surface area contributed by atoms with Gasteiger partial charge in [0, 0.05) is 23.7 Å². The first kappa shape index (κ1) is 14.3. The summed E-state index contributed by atoms with van der Waals surface area (Å²) in [4.78, 5) is 2.54. The largest absolute Gasteiger partial charge is 0.393 e. The Morgan fingerprint density at radius 2 is 1.72 bits per heavy atom. The lowest BCUT2D eigenvalue weighted by Gasteiger charge is -2.48. The molecule has 2 fully saturated rings. The fraction of sp³-hybridized carbons (Fsp3) is 1.00. The van der Waals surface area contributed by atoms with Gasteiger partial charge in [-0.25, -0.2) is 0 Å². The van der Waals surface area contributed by atoms with Crippen LogP contribution in [0.5, 0.6) is 0 Å². The van der Waals surface area contributed by atoms with Crippen LogP contribution in [0.1, 0.15) is 59.3 Å². The molecular formula is C15H30N2O. The maximum atomic E-state index is 9.48. The standard InChI is InChI=1S/C15H30N2O/c1-15(2,3)16-13-7-5-6-8-14(13)17(4)11-9-12(18)10-11/h11-14,16,18H,5-10H2,1-4H3/t11-,12+,13-,14-/m0/s1. The number of hydrogen-bond acceptors (Lipinski definition) is 3. The molecule has 0 amide bonds. The van der Waals surface area contributed by atoms with Gasteiger partial charge in [-0.2, -0.15) is 0 Å². The highest BCUT2D eigenvalue weighted by Gasteiger charge is 2.38. The summed E-state index contributed by atoms with van der Waals surface area (Å²) in [5, 5.41) is 13.3. The molecule has 18 heavy (non-hydrogen) atoms. The molecule has 0 radical (unpaired) electrons. The molecule has 3 heteroatoms. The molecule has 0 aromatic carbocycles. The Morgan fingerprint density at radius 3 is 2.28 bits per heavy atom. The van der Waals surface area contributed by atoms with Crippen LogP contribution in [0.15, 0.2) is 0 Å². The van der Waals surface area contributed by atoms with Crippen LogP contribution in [0.3, 0.4) is 0 Å². The lowest BCUT2D eigenvalue weighted by atomic mass is 9.82. The SMILES string of the molecule is CN([C@H]1C[C@@H](O)C1)[C@H]1CCCC[C@@H]1NC(C)(C)C. The first-order valence-electron chi connectivity index (χ1n) is 7.54. The molecular weight excluding hydrogens is 224 g/mol. The molecule has 0 aliphatic heterocycles. The van der Waals surface area contributed by atoms with Crippen molar-refractivity contribution >= 4 is 0 Å². The average Bonchev–Trinajstić information content (AvgIpc) is 2.22. The molecule has 2 atom stereocenters. The molecule has 2 aliphatic rings. The highest BCUT2D eigenvalue weighted by Crippen LogP contribution is 2.31. The third-order valence-electron chi connectivity index (χ3n) is 4.54. The van der Waals surface area contributed by atoms with Crippen molar-refractivity contribution < 1.29 is 5.11 Å². The smallest absolute Gasteiger partial charge is 0.0570 e. The summed E-state index contributed by atoms with van der Waals surface area (Å²) >= 11 is 0. The van der Waals surface area contributed by atoms with Crippen molar-refractivity contribution in [2.24, 2.45) is 0 Å². The van der Waals surface area contributed by atoms with E-state index in [2.05, 4.69) is 38.0 Å². The lowest BCUT2D eigenvalue weighted by Crippen LogP contribution is -2.59. The van der Waals surface area contributed by atoms with Gasteiger partial charge in [-0.05, 0) is 53.5 Å². The molecule has 2 saturated carbocycles. The van der Waals surface area contributed by atoms with Crippen LogP contribution in [0.4, 0.5) is 0 Å². The van der Waals surface area contributed by atoms with E-state index in [1.165, 1.54) is 25.7 Å². The van der Waals surface area contributed by atoms with E-state index in [0.29, 0.717) is 18.1 Å². The van der Waals surface area contributed by atoms with Crippen molar-refractivity contribution in [3.8, 4) is 0 Å². The zero-order valence-electron chi connectivity index (χ0n) is 12.4. The van der Waals surface area contributed by atoms with Gasteiger partial charge in [-0.3, -0.25) is 4.90 Å². The first-order chi connectivity index (χ1) is 8.37. The van der Waals surface area contributed by atoms with Gasteiger partial charge in [-0.1, -0.05) is 12.8 Å². The minimum Gasteiger partial charge on any atom is -0.393 e. The monoisotopic (exact) mass is 254 g/mol. The predicted octanol–water partition coefficient (Wildman–Crippen LogP) is 2.14. The minimum absolute atomic E-state index is 0.0462. The van der Waals surface area contributed by atoms with E-state index in [1.807, 2.05) is 0 Å². The van der Waals surface area contributed by atoms with Crippen LogP contribution in [0.2, 0.25) is 0 Å². The van der Waals surface area contributed by atoms with E-state index in [0.717, 1.165) is 12.8 Å². The highest BCUT2D eigenvalue weighted by atomic mass is 16.3. The van der Waals surface area contributed by atoms with Crippen LogP contribution in [0, 0.1) is 0 Å². The Balaban J connectivity index is 1.94. The number of nitrogens with zero attached hydrogens (tertiary/aromatic N) is 1. The Kier molecular flexibility index (Phi) is 4.35. The zero-order chi connectivity index (χ0) is 13.3. The second-order valence-electron chi connectivity index (χ2n) is 7.30. The second-order valence-corrected chi connectivity index (χ2v) is 7.30. The predicted molar refractivity (Wildman–Crippen MR) is 75.7 cm³/mol. The molecule has 0 spiro atoms. The maximum Gasteiger partial charge on any atom is 0.0570 e. The minimum atomic E-state index is -0.0462. The number of rotatable bonds is 3. The summed E-state index contributed by atoms with van der Waals surface area (Å²) in [6.07, 6.45) is 7.19. The van der Waals surface area contributed by atoms with E-state index < -0.39 is 0 Å². The van der Waals surface area contributed by atoms with Gasteiger partial charge in [0.25, 0.3) is 0 Å². The van der Waals surface area contributed by atoms with Crippen LogP contribution in [-0.4, -0.2) is 46.8 Å².